The number of aryl methyl sites for hydroxylation is 1. The average Bonchev–Trinajstić information content (AvgIpc) is 2.37. The van der Waals surface area contributed by atoms with Crippen LogP contribution in [0.2, 0.25) is 0 Å². The molecule has 2 saturated heterocycles. The number of carbonyl (C=O) groups excluding carboxylic acids is 1. The lowest BCUT2D eigenvalue weighted by Gasteiger charge is -2.39. The minimum Gasteiger partial charge on any atom is -0.311 e. The number of rotatable bonds is 2. The van der Waals surface area contributed by atoms with Gasteiger partial charge in [-0.3, -0.25) is 4.79 Å². The average molecular weight is 262 g/mol. The van der Waals surface area contributed by atoms with Gasteiger partial charge in [-0.15, -0.1) is 0 Å². The number of nitrogens with zero attached hydrogens (tertiary/aromatic N) is 1. The van der Waals surface area contributed by atoms with E-state index in [1.165, 1.54) is 25.3 Å². The zero-order valence-corrected chi connectivity index (χ0v) is 11.2. The second-order valence-corrected chi connectivity index (χ2v) is 5.79. The van der Waals surface area contributed by atoms with E-state index in [1.54, 1.807) is 13.0 Å². The second-order valence-electron chi connectivity index (χ2n) is 5.79. The van der Waals surface area contributed by atoms with E-state index in [2.05, 4.69) is 10.3 Å². The third-order valence-electron chi connectivity index (χ3n) is 4.40. The zero-order valence-electron chi connectivity index (χ0n) is 11.2. The Hall–Kier alpha value is -1.29. The molecule has 102 valence electrons. The molecule has 2 aliphatic heterocycles. The van der Waals surface area contributed by atoms with E-state index in [0.29, 0.717) is 23.3 Å². The van der Waals surface area contributed by atoms with Crippen LogP contribution in [-0.2, 0) is 0 Å². The molecule has 0 amide bonds. The summed E-state index contributed by atoms with van der Waals surface area (Å²) in [5, 5.41) is 3.58. The van der Waals surface area contributed by atoms with Crippen molar-refractivity contribution in [2.75, 3.05) is 0 Å². The number of halogens is 1. The van der Waals surface area contributed by atoms with Crippen LogP contribution in [0.15, 0.2) is 12.1 Å². The van der Waals surface area contributed by atoms with E-state index >= 15 is 0 Å². The van der Waals surface area contributed by atoms with Gasteiger partial charge in [0.05, 0.1) is 5.69 Å². The van der Waals surface area contributed by atoms with Gasteiger partial charge in [-0.1, -0.05) is 6.42 Å². The highest BCUT2D eigenvalue weighted by Crippen LogP contribution is 2.32. The molecule has 2 atom stereocenters. The van der Waals surface area contributed by atoms with E-state index < -0.39 is 5.95 Å². The van der Waals surface area contributed by atoms with Crippen molar-refractivity contribution in [1.82, 2.24) is 10.3 Å². The number of piperidine rings is 2. The standard InChI is InChI=1S/C15H19FN2O/c1-9-13(5-6-14(16)17-9)15(19)10-7-11-3-2-4-12(8-10)18-11/h5-6,10-12,18H,2-4,7-8H2,1H3. The minimum absolute atomic E-state index is 0.0718. The van der Waals surface area contributed by atoms with Crippen LogP contribution in [0, 0.1) is 18.8 Å². The summed E-state index contributed by atoms with van der Waals surface area (Å²) in [6.45, 7) is 1.71. The van der Waals surface area contributed by atoms with Crippen LogP contribution in [0.25, 0.3) is 0 Å². The Balaban J connectivity index is 1.80. The molecule has 1 aromatic rings. The SMILES string of the molecule is Cc1nc(F)ccc1C(=O)C1CC2CCCC(C1)N2. The van der Waals surface area contributed by atoms with Crippen molar-refractivity contribution in [1.29, 1.82) is 0 Å². The van der Waals surface area contributed by atoms with Crippen molar-refractivity contribution in [3.63, 3.8) is 0 Å². The monoisotopic (exact) mass is 262 g/mol. The first-order chi connectivity index (χ1) is 9.13. The Bertz CT molecular complexity index is 491. The predicted molar refractivity (Wildman–Crippen MR) is 70.5 cm³/mol. The fourth-order valence-electron chi connectivity index (χ4n) is 3.49. The number of carbonyl (C=O) groups is 1. The van der Waals surface area contributed by atoms with E-state index in [4.69, 9.17) is 0 Å². The van der Waals surface area contributed by atoms with E-state index in [0.717, 1.165) is 12.8 Å². The molecule has 19 heavy (non-hydrogen) atoms. The maximum absolute atomic E-state index is 13.0. The third-order valence-corrected chi connectivity index (χ3v) is 4.40. The highest BCUT2D eigenvalue weighted by molar-refractivity contribution is 5.98. The number of pyridine rings is 1. The molecule has 3 nitrogen and oxygen atoms in total. The topological polar surface area (TPSA) is 42.0 Å². The van der Waals surface area contributed by atoms with Crippen molar-refractivity contribution in [2.24, 2.45) is 5.92 Å². The van der Waals surface area contributed by atoms with Crippen molar-refractivity contribution >= 4 is 5.78 Å². The first-order valence-electron chi connectivity index (χ1n) is 7.07. The smallest absolute Gasteiger partial charge is 0.213 e. The van der Waals surface area contributed by atoms with Gasteiger partial charge in [-0.25, -0.2) is 4.98 Å². The van der Waals surface area contributed by atoms with Crippen LogP contribution in [0.3, 0.4) is 0 Å². The summed E-state index contributed by atoms with van der Waals surface area (Å²) < 4.78 is 13.0. The molecule has 4 heteroatoms. The maximum Gasteiger partial charge on any atom is 0.213 e. The van der Waals surface area contributed by atoms with Gasteiger partial charge in [0.2, 0.25) is 5.95 Å². The Morgan fingerprint density at radius 1 is 1.32 bits per heavy atom. The summed E-state index contributed by atoms with van der Waals surface area (Å²) in [5.41, 5.74) is 1.10. The van der Waals surface area contributed by atoms with Crippen molar-refractivity contribution < 1.29 is 9.18 Å². The van der Waals surface area contributed by atoms with Gasteiger partial charge in [0.1, 0.15) is 0 Å². The number of hydrogen-bond acceptors (Lipinski definition) is 3. The molecular formula is C15H19FN2O. The lowest BCUT2D eigenvalue weighted by atomic mass is 9.77. The lowest BCUT2D eigenvalue weighted by Crippen LogP contribution is -2.50. The van der Waals surface area contributed by atoms with Crippen LogP contribution in [-0.4, -0.2) is 22.9 Å². The highest BCUT2D eigenvalue weighted by atomic mass is 19.1. The number of Topliss-reactive ketones (excluding diaryl/α,β-unsaturated/α-hetero) is 1. The van der Waals surface area contributed by atoms with Crippen LogP contribution in [0.4, 0.5) is 4.39 Å². The minimum atomic E-state index is -0.517. The number of ketones is 1. The largest absolute Gasteiger partial charge is 0.311 e. The lowest BCUT2D eigenvalue weighted by molar-refractivity contribution is 0.0824. The van der Waals surface area contributed by atoms with Crippen LogP contribution in [0.1, 0.15) is 48.2 Å². The Kier molecular flexibility index (Phi) is 3.35. The number of hydrogen-bond donors (Lipinski definition) is 1. The van der Waals surface area contributed by atoms with Gasteiger partial charge in [0, 0.05) is 23.6 Å². The fourth-order valence-corrected chi connectivity index (χ4v) is 3.49. The maximum atomic E-state index is 13.0. The van der Waals surface area contributed by atoms with Gasteiger partial charge in [0.15, 0.2) is 5.78 Å². The summed E-state index contributed by atoms with van der Waals surface area (Å²) in [5.74, 6) is -0.304. The van der Waals surface area contributed by atoms with Crippen LogP contribution >= 0.6 is 0 Å². The van der Waals surface area contributed by atoms with Gasteiger partial charge in [-0.2, -0.15) is 4.39 Å². The molecule has 0 aromatic carbocycles. The van der Waals surface area contributed by atoms with Crippen molar-refractivity contribution in [3.05, 3.63) is 29.3 Å². The zero-order chi connectivity index (χ0) is 13.4. The molecule has 2 fully saturated rings. The molecule has 3 rings (SSSR count). The highest BCUT2D eigenvalue weighted by Gasteiger charge is 2.35. The van der Waals surface area contributed by atoms with E-state index in [1.807, 2.05) is 0 Å². The molecule has 1 aromatic heterocycles. The van der Waals surface area contributed by atoms with Gasteiger partial charge >= 0.3 is 0 Å². The summed E-state index contributed by atoms with van der Waals surface area (Å²) in [7, 11) is 0. The molecule has 2 bridgehead atoms. The normalized spacial score (nSPS) is 30.1. The Morgan fingerprint density at radius 3 is 2.63 bits per heavy atom. The quantitative estimate of drug-likeness (QED) is 0.658. The van der Waals surface area contributed by atoms with Crippen molar-refractivity contribution in [3.8, 4) is 0 Å². The van der Waals surface area contributed by atoms with E-state index in [9.17, 15) is 9.18 Å². The van der Waals surface area contributed by atoms with Gasteiger partial charge < -0.3 is 5.32 Å². The molecule has 2 aliphatic rings. The molecule has 0 saturated carbocycles. The Labute approximate surface area is 112 Å². The third kappa shape index (κ3) is 2.54. The molecule has 3 heterocycles. The number of aromatic nitrogens is 1. The second kappa shape index (κ2) is 5.00. The van der Waals surface area contributed by atoms with Gasteiger partial charge in [-0.05, 0) is 44.7 Å². The molecule has 2 unspecified atom stereocenters. The van der Waals surface area contributed by atoms with Crippen molar-refractivity contribution in [2.45, 2.75) is 51.1 Å². The van der Waals surface area contributed by atoms with Crippen LogP contribution < -0.4 is 5.32 Å². The van der Waals surface area contributed by atoms with E-state index in [-0.39, 0.29) is 11.7 Å². The summed E-state index contributed by atoms with van der Waals surface area (Å²) in [6.07, 6.45) is 5.42. The molecule has 1 N–H and O–H groups in total. The Morgan fingerprint density at radius 2 is 2.00 bits per heavy atom. The summed E-state index contributed by atoms with van der Waals surface area (Å²) in [4.78, 5) is 16.3. The molecule has 0 spiro atoms. The first-order valence-corrected chi connectivity index (χ1v) is 7.07. The summed E-state index contributed by atoms with van der Waals surface area (Å²) in [6, 6.07) is 3.82. The predicted octanol–water partition coefficient (Wildman–Crippen LogP) is 2.63. The fraction of sp³-hybridized carbons (Fsp3) is 0.600. The summed E-state index contributed by atoms with van der Waals surface area (Å²) >= 11 is 0. The van der Waals surface area contributed by atoms with Crippen LogP contribution in [0.5, 0.6) is 0 Å². The molecule has 0 aliphatic carbocycles. The van der Waals surface area contributed by atoms with Gasteiger partial charge in [0.25, 0.3) is 0 Å². The number of nitrogens with one attached hydrogen (secondary N) is 1. The molecular weight excluding hydrogens is 243 g/mol. The number of fused-ring (bicyclic) bond motifs is 2. The first kappa shape index (κ1) is 12.7. The molecule has 0 radical (unpaired) electrons.